The molecule has 0 aliphatic carbocycles. The summed E-state index contributed by atoms with van der Waals surface area (Å²) in [5, 5.41) is 6.62. The van der Waals surface area contributed by atoms with Crippen molar-refractivity contribution < 1.29 is 14.0 Å². The van der Waals surface area contributed by atoms with Crippen LogP contribution in [-0.2, 0) is 22.6 Å². The third-order valence-electron chi connectivity index (χ3n) is 5.08. The maximum Gasteiger partial charge on any atom is 0.244 e. The molecule has 7 nitrogen and oxygen atoms in total. The first-order valence-electron chi connectivity index (χ1n) is 10.5. The van der Waals surface area contributed by atoms with Gasteiger partial charge in [-0.05, 0) is 49.1 Å². The Kier molecular flexibility index (Phi) is 7.20. The van der Waals surface area contributed by atoms with E-state index < -0.39 is 6.04 Å². The Hall–Kier alpha value is -3.45. The molecule has 0 saturated heterocycles. The maximum absolute atomic E-state index is 12.2. The van der Waals surface area contributed by atoms with Gasteiger partial charge in [0.25, 0.3) is 0 Å². The topological polar surface area (TPSA) is 110 Å². The van der Waals surface area contributed by atoms with Crippen molar-refractivity contribution in [2.45, 2.75) is 46.2 Å². The molecule has 1 atom stereocenters. The number of carbonyl (C=O) groups is 2. The highest BCUT2D eigenvalue weighted by molar-refractivity contribution is 5.95. The third kappa shape index (κ3) is 5.19. The molecule has 0 spiro atoms. The molecule has 0 saturated carbocycles. The molecule has 0 bridgehead atoms. The number of aromatic nitrogens is 1. The number of benzene rings is 1. The molecule has 3 heterocycles. The Morgan fingerprint density at radius 2 is 2.13 bits per heavy atom. The van der Waals surface area contributed by atoms with Crippen LogP contribution in [0.15, 0.2) is 47.0 Å². The van der Waals surface area contributed by atoms with E-state index in [2.05, 4.69) is 15.6 Å². The molecule has 4 rings (SSSR count). The van der Waals surface area contributed by atoms with E-state index in [9.17, 15) is 9.59 Å². The number of para-hydroxylation sites is 1. The van der Waals surface area contributed by atoms with E-state index in [0.29, 0.717) is 25.2 Å². The van der Waals surface area contributed by atoms with Gasteiger partial charge in [-0.2, -0.15) is 0 Å². The molecule has 0 radical (unpaired) electrons. The van der Waals surface area contributed by atoms with Gasteiger partial charge in [0, 0.05) is 23.2 Å². The molecule has 1 aromatic carbocycles. The summed E-state index contributed by atoms with van der Waals surface area (Å²) in [4.78, 5) is 28.3. The number of rotatable bonds is 4. The van der Waals surface area contributed by atoms with Crippen molar-refractivity contribution in [1.29, 1.82) is 0 Å². The number of furan rings is 1. The van der Waals surface area contributed by atoms with Gasteiger partial charge in [-0.1, -0.05) is 32.0 Å². The van der Waals surface area contributed by atoms with Crippen molar-refractivity contribution in [3.8, 4) is 0 Å². The number of aryl methyl sites for hydroxylation is 2. The van der Waals surface area contributed by atoms with Crippen LogP contribution >= 0.6 is 0 Å². The fraction of sp³-hybridized carbons (Fsp3) is 0.292. The van der Waals surface area contributed by atoms with Crippen LogP contribution in [0.5, 0.6) is 0 Å². The van der Waals surface area contributed by atoms with Crippen LogP contribution in [0.4, 0.5) is 5.82 Å². The predicted molar refractivity (Wildman–Crippen MR) is 122 cm³/mol. The summed E-state index contributed by atoms with van der Waals surface area (Å²) >= 11 is 0. The lowest BCUT2D eigenvalue weighted by atomic mass is 10.1. The van der Waals surface area contributed by atoms with Crippen LogP contribution in [0.2, 0.25) is 0 Å². The van der Waals surface area contributed by atoms with Gasteiger partial charge in [-0.3, -0.25) is 9.59 Å². The van der Waals surface area contributed by atoms with Crippen LogP contribution in [0.25, 0.3) is 17.0 Å². The largest absolute Gasteiger partial charge is 0.459 e. The molecular formula is C24H28N4O3. The fourth-order valence-electron chi connectivity index (χ4n) is 3.37. The Morgan fingerprint density at radius 1 is 1.35 bits per heavy atom. The first-order valence-corrected chi connectivity index (χ1v) is 10.5. The van der Waals surface area contributed by atoms with Gasteiger partial charge in [-0.25, -0.2) is 4.98 Å². The molecule has 7 heteroatoms. The molecule has 1 aliphatic rings. The van der Waals surface area contributed by atoms with E-state index in [1.165, 1.54) is 6.08 Å². The Balaban J connectivity index is 0.00000132. The standard InChI is InChI=1S/C22H22N4O3.C2H6/c1-13-16-4-2-3-5-18(16)29-19(13)12-24-20(27)9-6-14-10-15-7-8-17(23)22(28)26-21(15)25-11-14;1-2/h2-6,9-11,17H,7-8,12,23H2,1H3,(H,24,27)(H,25,26,28);1-2H3/b9-6+;. The molecule has 0 fully saturated rings. The predicted octanol–water partition coefficient (Wildman–Crippen LogP) is 3.70. The number of nitrogens with two attached hydrogens (primary N) is 1. The lowest BCUT2D eigenvalue weighted by molar-refractivity contribution is -0.117. The molecule has 3 aromatic rings. The SMILES string of the molecule is CC.Cc1c(CNC(=O)/C=C/c2cnc3c(c2)CCC(N)C(=O)N3)oc2ccccc12. The van der Waals surface area contributed by atoms with Gasteiger partial charge in [0.15, 0.2) is 0 Å². The van der Waals surface area contributed by atoms with Gasteiger partial charge in [0.05, 0.1) is 12.6 Å². The lowest BCUT2D eigenvalue weighted by Crippen LogP contribution is -2.34. The summed E-state index contributed by atoms with van der Waals surface area (Å²) in [5.74, 6) is 0.826. The lowest BCUT2D eigenvalue weighted by Gasteiger charge is -2.06. The third-order valence-corrected chi connectivity index (χ3v) is 5.08. The van der Waals surface area contributed by atoms with E-state index in [4.69, 9.17) is 10.2 Å². The van der Waals surface area contributed by atoms with E-state index >= 15 is 0 Å². The highest BCUT2D eigenvalue weighted by atomic mass is 16.3. The molecule has 2 aromatic heterocycles. The average Bonchev–Trinajstić information content (AvgIpc) is 3.04. The number of hydrogen-bond acceptors (Lipinski definition) is 5. The highest BCUT2D eigenvalue weighted by Crippen LogP contribution is 2.24. The number of fused-ring (bicyclic) bond motifs is 2. The second kappa shape index (κ2) is 10.0. The molecule has 162 valence electrons. The second-order valence-electron chi connectivity index (χ2n) is 7.11. The average molecular weight is 421 g/mol. The van der Waals surface area contributed by atoms with Gasteiger partial charge in [0.2, 0.25) is 11.8 Å². The van der Waals surface area contributed by atoms with E-state index in [1.807, 2.05) is 51.1 Å². The van der Waals surface area contributed by atoms with Crippen molar-refractivity contribution in [1.82, 2.24) is 10.3 Å². The number of pyridine rings is 1. The minimum absolute atomic E-state index is 0.222. The van der Waals surface area contributed by atoms with E-state index in [1.54, 1.807) is 12.3 Å². The molecule has 1 aliphatic heterocycles. The number of anilines is 1. The van der Waals surface area contributed by atoms with Crippen molar-refractivity contribution in [2.24, 2.45) is 5.73 Å². The maximum atomic E-state index is 12.2. The number of nitrogens with zero attached hydrogens (tertiary/aromatic N) is 1. The van der Waals surface area contributed by atoms with E-state index in [0.717, 1.165) is 33.4 Å². The zero-order valence-corrected chi connectivity index (χ0v) is 18.1. The van der Waals surface area contributed by atoms with Gasteiger partial charge >= 0.3 is 0 Å². The fourth-order valence-corrected chi connectivity index (χ4v) is 3.37. The van der Waals surface area contributed by atoms with Crippen molar-refractivity contribution in [3.05, 3.63) is 65.1 Å². The number of amides is 2. The van der Waals surface area contributed by atoms with Crippen molar-refractivity contribution >= 4 is 34.7 Å². The zero-order valence-electron chi connectivity index (χ0n) is 18.1. The first-order chi connectivity index (χ1) is 15.0. The van der Waals surface area contributed by atoms with Crippen molar-refractivity contribution in [2.75, 3.05) is 5.32 Å². The highest BCUT2D eigenvalue weighted by Gasteiger charge is 2.20. The van der Waals surface area contributed by atoms with Gasteiger partial charge < -0.3 is 20.8 Å². The molecule has 4 N–H and O–H groups in total. The molecular weight excluding hydrogens is 392 g/mol. The molecule has 2 amide bonds. The van der Waals surface area contributed by atoms with Gasteiger partial charge in [0.1, 0.15) is 17.2 Å². The Bertz CT molecular complexity index is 1120. The van der Waals surface area contributed by atoms with Crippen LogP contribution < -0.4 is 16.4 Å². The first kappa shape index (κ1) is 22.2. The summed E-state index contributed by atoms with van der Waals surface area (Å²) < 4.78 is 5.81. The summed E-state index contributed by atoms with van der Waals surface area (Å²) in [7, 11) is 0. The number of carbonyl (C=O) groups excluding carboxylic acids is 2. The Labute approximate surface area is 181 Å². The van der Waals surface area contributed by atoms with Gasteiger partial charge in [-0.15, -0.1) is 0 Å². The molecule has 31 heavy (non-hydrogen) atoms. The number of nitrogens with one attached hydrogen (secondary N) is 2. The minimum atomic E-state index is -0.532. The summed E-state index contributed by atoms with van der Waals surface area (Å²) in [6.07, 6.45) is 5.98. The van der Waals surface area contributed by atoms with Crippen molar-refractivity contribution in [3.63, 3.8) is 0 Å². The summed E-state index contributed by atoms with van der Waals surface area (Å²) in [6.45, 7) is 6.30. The monoisotopic (exact) mass is 420 g/mol. The summed E-state index contributed by atoms with van der Waals surface area (Å²) in [6, 6.07) is 9.17. The minimum Gasteiger partial charge on any atom is -0.459 e. The van der Waals surface area contributed by atoms with Crippen LogP contribution in [0.3, 0.4) is 0 Å². The quantitative estimate of drug-likeness (QED) is 0.558. The second-order valence-corrected chi connectivity index (χ2v) is 7.11. The Morgan fingerprint density at radius 3 is 2.90 bits per heavy atom. The molecule has 1 unspecified atom stereocenters. The normalized spacial score (nSPS) is 15.6. The zero-order chi connectivity index (χ0) is 22.4. The number of hydrogen-bond donors (Lipinski definition) is 3. The van der Waals surface area contributed by atoms with Crippen LogP contribution in [-0.4, -0.2) is 22.8 Å². The summed E-state index contributed by atoms with van der Waals surface area (Å²) in [5.41, 5.74) is 9.33. The smallest absolute Gasteiger partial charge is 0.244 e. The van der Waals surface area contributed by atoms with E-state index in [-0.39, 0.29) is 11.8 Å². The van der Waals surface area contributed by atoms with Crippen LogP contribution in [0.1, 0.15) is 42.7 Å². The van der Waals surface area contributed by atoms with Crippen LogP contribution in [0, 0.1) is 6.92 Å².